The summed E-state index contributed by atoms with van der Waals surface area (Å²) in [4.78, 5) is 0. The molecule has 4 heteroatoms. The van der Waals surface area contributed by atoms with Gasteiger partial charge < -0.3 is 18.9 Å². The lowest BCUT2D eigenvalue weighted by Gasteiger charge is -2.12. The SMILES string of the molecule is c1ccc(Oc2ccc(Oc3cccc(-c4cccc(-c5cccc(Oc6cccc(Oc7ccccc7)c6)c5)c4)c3)cc2)cc1. The lowest BCUT2D eigenvalue weighted by molar-refractivity contribution is 0.460. The van der Waals surface area contributed by atoms with E-state index in [0.717, 1.165) is 56.8 Å². The fraction of sp³-hybridized carbons (Fsp3) is 0. The normalized spacial score (nSPS) is 10.6. The first-order valence-electron chi connectivity index (χ1n) is 15.1. The molecule has 0 heterocycles. The van der Waals surface area contributed by atoms with Gasteiger partial charge in [0.05, 0.1) is 0 Å². The smallest absolute Gasteiger partial charge is 0.131 e. The molecule has 7 rings (SSSR count). The van der Waals surface area contributed by atoms with Crippen LogP contribution in [-0.2, 0) is 0 Å². The molecule has 0 aliphatic rings. The molecule has 0 aliphatic carbocycles. The van der Waals surface area contributed by atoms with Gasteiger partial charge >= 0.3 is 0 Å². The first kappa shape index (κ1) is 28.5. The number of hydrogen-bond acceptors (Lipinski definition) is 4. The molecule has 0 bridgehead atoms. The van der Waals surface area contributed by atoms with E-state index in [0.29, 0.717) is 11.5 Å². The van der Waals surface area contributed by atoms with E-state index in [2.05, 4.69) is 48.5 Å². The van der Waals surface area contributed by atoms with Gasteiger partial charge in [0.2, 0.25) is 0 Å². The zero-order chi connectivity index (χ0) is 31.0. The molecule has 0 saturated carbocycles. The van der Waals surface area contributed by atoms with Crippen molar-refractivity contribution in [1.29, 1.82) is 0 Å². The summed E-state index contributed by atoms with van der Waals surface area (Å²) in [5.41, 5.74) is 4.29. The third-order valence-electron chi connectivity index (χ3n) is 7.26. The van der Waals surface area contributed by atoms with Gasteiger partial charge in [0, 0.05) is 6.07 Å². The summed E-state index contributed by atoms with van der Waals surface area (Å²) in [6.07, 6.45) is 0. The summed E-state index contributed by atoms with van der Waals surface area (Å²) in [6.45, 7) is 0. The molecule has 7 aromatic rings. The molecular formula is C42H30O4. The number of ether oxygens (including phenoxy) is 4. The summed E-state index contributed by atoms with van der Waals surface area (Å²) in [5, 5.41) is 0. The average Bonchev–Trinajstić information content (AvgIpc) is 3.11. The van der Waals surface area contributed by atoms with Crippen molar-refractivity contribution in [3.05, 3.63) is 182 Å². The predicted octanol–water partition coefficient (Wildman–Crippen LogP) is 12.2. The molecule has 4 nitrogen and oxygen atoms in total. The van der Waals surface area contributed by atoms with Gasteiger partial charge in [-0.1, -0.05) is 84.9 Å². The van der Waals surface area contributed by atoms with Crippen LogP contribution in [0.2, 0.25) is 0 Å². The molecule has 7 aromatic carbocycles. The van der Waals surface area contributed by atoms with E-state index >= 15 is 0 Å². The second kappa shape index (κ2) is 13.6. The highest BCUT2D eigenvalue weighted by Crippen LogP contribution is 2.34. The number of para-hydroxylation sites is 2. The van der Waals surface area contributed by atoms with Gasteiger partial charge in [-0.3, -0.25) is 0 Å². The van der Waals surface area contributed by atoms with Crippen LogP contribution < -0.4 is 18.9 Å². The van der Waals surface area contributed by atoms with Gasteiger partial charge in [0.15, 0.2) is 0 Å². The van der Waals surface area contributed by atoms with Crippen LogP contribution in [0, 0.1) is 0 Å². The molecule has 0 unspecified atom stereocenters. The van der Waals surface area contributed by atoms with Crippen LogP contribution in [0.3, 0.4) is 0 Å². The van der Waals surface area contributed by atoms with E-state index < -0.39 is 0 Å². The quantitative estimate of drug-likeness (QED) is 0.157. The van der Waals surface area contributed by atoms with Crippen molar-refractivity contribution in [3.63, 3.8) is 0 Å². The molecule has 0 radical (unpaired) electrons. The van der Waals surface area contributed by atoms with Crippen molar-refractivity contribution in [3.8, 4) is 68.2 Å². The van der Waals surface area contributed by atoms with Crippen molar-refractivity contribution in [2.75, 3.05) is 0 Å². The first-order valence-corrected chi connectivity index (χ1v) is 15.1. The van der Waals surface area contributed by atoms with Crippen molar-refractivity contribution >= 4 is 0 Å². The minimum Gasteiger partial charge on any atom is -0.457 e. The van der Waals surface area contributed by atoms with Crippen LogP contribution in [0.5, 0.6) is 46.0 Å². The second-order valence-electron chi connectivity index (χ2n) is 10.6. The Morgan fingerprint density at radius 2 is 0.478 bits per heavy atom. The monoisotopic (exact) mass is 598 g/mol. The van der Waals surface area contributed by atoms with Gasteiger partial charge in [0.1, 0.15) is 46.0 Å². The fourth-order valence-electron chi connectivity index (χ4n) is 5.05. The largest absolute Gasteiger partial charge is 0.457 e. The Balaban J connectivity index is 1.04. The summed E-state index contributed by atoms with van der Waals surface area (Å²) >= 11 is 0. The second-order valence-corrected chi connectivity index (χ2v) is 10.6. The molecule has 222 valence electrons. The van der Waals surface area contributed by atoms with Crippen LogP contribution in [-0.4, -0.2) is 0 Å². The highest BCUT2D eigenvalue weighted by molar-refractivity contribution is 5.74. The Kier molecular flexibility index (Phi) is 8.42. The minimum atomic E-state index is 0.703. The Labute approximate surface area is 268 Å². The van der Waals surface area contributed by atoms with E-state index in [4.69, 9.17) is 18.9 Å². The number of hydrogen-bond donors (Lipinski definition) is 0. The van der Waals surface area contributed by atoms with E-state index in [9.17, 15) is 0 Å². The van der Waals surface area contributed by atoms with Gasteiger partial charge in [-0.15, -0.1) is 0 Å². The van der Waals surface area contributed by atoms with Crippen LogP contribution in [0.1, 0.15) is 0 Å². The molecule has 0 spiro atoms. The highest BCUT2D eigenvalue weighted by Gasteiger charge is 2.07. The average molecular weight is 599 g/mol. The zero-order valence-electron chi connectivity index (χ0n) is 25.0. The first-order chi connectivity index (χ1) is 22.7. The molecule has 0 N–H and O–H groups in total. The lowest BCUT2D eigenvalue weighted by Crippen LogP contribution is -1.88. The van der Waals surface area contributed by atoms with Gasteiger partial charge in [-0.2, -0.15) is 0 Å². The van der Waals surface area contributed by atoms with E-state index in [1.807, 2.05) is 133 Å². The molecular weight excluding hydrogens is 568 g/mol. The van der Waals surface area contributed by atoms with E-state index in [-0.39, 0.29) is 0 Å². The van der Waals surface area contributed by atoms with Crippen LogP contribution in [0.15, 0.2) is 182 Å². The minimum absolute atomic E-state index is 0.703. The maximum atomic E-state index is 6.24. The Bertz CT molecular complexity index is 2040. The number of rotatable bonds is 10. The van der Waals surface area contributed by atoms with Crippen molar-refractivity contribution in [2.24, 2.45) is 0 Å². The Morgan fingerprint density at radius 1 is 0.196 bits per heavy atom. The maximum Gasteiger partial charge on any atom is 0.131 e. The topological polar surface area (TPSA) is 36.9 Å². The maximum absolute atomic E-state index is 6.24. The van der Waals surface area contributed by atoms with Crippen LogP contribution in [0.25, 0.3) is 22.3 Å². The summed E-state index contributed by atoms with van der Waals surface area (Å²) in [6, 6.07) is 59.4. The molecule has 0 aromatic heterocycles. The number of benzene rings is 7. The van der Waals surface area contributed by atoms with Crippen molar-refractivity contribution in [2.45, 2.75) is 0 Å². The van der Waals surface area contributed by atoms with E-state index in [1.54, 1.807) is 0 Å². The molecule has 0 atom stereocenters. The highest BCUT2D eigenvalue weighted by atomic mass is 16.5. The molecule has 0 aliphatic heterocycles. The van der Waals surface area contributed by atoms with E-state index in [1.165, 1.54) is 0 Å². The summed E-state index contributed by atoms with van der Waals surface area (Å²) in [5.74, 6) is 5.99. The Hall–Kier alpha value is -6.26. The third kappa shape index (κ3) is 7.26. The van der Waals surface area contributed by atoms with Gasteiger partial charge in [-0.05, 0) is 113 Å². The van der Waals surface area contributed by atoms with Crippen LogP contribution in [0.4, 0.5) is 0 Å². The van der Waals surface area contributed by atoms with Crippen LogP contribution >= 0.6 is 0 Å². The standard InChI is InChI=1S/C42H30O4/c1-3-15-35(16-4-1)43-37-23-25-38(26-24-37)45-39-19-8-13-33(28-39)31-11-7-12-32(27-31)34-14-9-20-40(29-34)46-42-22-10-21-41(30-42)44-36-17-5-2-6-18-36/h1-30H. The summed E-state index contributed by atoms with van der Waals surface area (Å²) < 4.78 is 24.3. The lowest BCUT2D eigenvalue weighted by atomic mass is 9.99. The molecule has 0 fully saturated rings. The third-order valence-corrected chi connectivity index (χ3v) is 7.26. The Morgan fingerprint density at radius 3 is 0.935 bits per heavy atom. The van der Waals surface area contributed by atoms with Gasteiger partial charge in [-0.25, -0.2) is 0 Å². The summed E-state index contributed by atoms with van der Waals surface area (Å²) in [7, 11) is 0. The van der Waals surface area contributed by atoms with Gasteiger partial charge in [0.25, 0.3) is 0 Å². The molecule has 46 heavy (non-hydrogen) atoms. The van der Waals surface area contributed by atoms with Crippen molar-refractivity contribution < 1.29 is 18.9 Å². The van der Waals surface area contributed by atoms with Crippen molar-refractivity contribution in [1.82, 2.24) is 0 Å². The molecule has 0 amide bonds. The zero-order valence-corrected chi connectivity index (χ0v) is 25.0. The predicted molar refractivity (Wildman–Crippen MR) is 183 cm³/mol. The fourth-order valence-corrected chi connectivity index (χ4v) is 5.05. The molecule has 0 saturated heterocycles.